The van der Waals surface area contributed by atoms with Crippen LogP contribution >= 0.6 is 0 Å². The van der Waals surface area contributed by atoms with Crippen LogP contribution in [-0.4, -0.2) is 48.0 Å². The Bertz CT molecular complexity index is 695. The Morgan fingerprint density at radius 1 is 1.62 bits per heavy atom. The Morgan fingerprint density at radius 2 is 2.43 bits per heavy atom. The van der Waals surface area contributed by atoms with Gasteiger partial charge in [0.2, 0.25) is 5.95 Å². The van der Waals surface area contributed by atoms with E-state index in [0.29, 0.717) is 35.8 Å². The van der Waals surface area contributed by atoms with Gasteiger partial charge in [-0.25, -0.2) is 9.78 Å². The third kappa shape index (κ3) is 2.09. The molecule has 1 aromatic carbocycles. The van der Waals surface area contributed by atoms with Crippen molar-refractivity contribution in [1.82, 2.24) is 9.55 Å². The van der Waals surface area contributed by atoms with E-state index in [0.717, 1.165) is 5.52 Å². The number of esters is 1. The molecule has 0 aliphatic carbocycles. The first-order chi connectivity index (χ1) is 10.2. The number of nitrogens with zero attached hydrogens (tertiary/aromatic N) is 2. The van der Waals surface area contributed by atoms with Gasteiger partial charge in [0, 0.05) is 13.7 Å². The molecule has 2 aromatic rings. The maximum absolute atomic E-state index is 11.7. The molecule has 1 unspecified atom stereocenters. The van der Waals surface area contributed by atoms with Crippen molar-refractivity contribution in [2.75, 3.05) is 32.7 Å². The van der Waals surface area contributed by atoms with Crippen LogP contribution in [0.1, 0.15) is 22.8 Å². The minimum absolute atomic E-state index is 0.0129. The molecule has 2 heterocycles. The van der Waals surface area contributed by atoms with Crippen LogP contribution < -0.4 is 10.1 Å². The van der Waals surface area contributed by atoms with Gasteiger partial charge in [0.25, 0.3) is 0 Å². The van der Waals surface area contributed by atoms with Crippen LogP contribution in [0, 0.1) is 0 Å². The second-order valence-electron chi connectivity index (χ2n) is 4.87. The summed E-state index contributed by atoms with van der Waals surface area (Å²) in [6.45, 7) is 0.505. The summed E-state index contributed by atoms with van der Waals surface area (Å²) in [5.41, 5.74) is 1.91. The number of hydrogen-bond donors (Lipinski definition) is 2. The Morgan fingerprint density at radius 3 is 3.10 bits per heavy atom. The molecule has 0 fully saturated rings. The van der Waals surface area contributed by atoms with Crippen LogP contribution in [0.5, 0.6) is 5.75 Å². The van der Waals surface area contributed by atoms with Crippen LogP contribution in [0.2, 0.25) is 0 Å². The maximum Gasteiger partial charge on any atom is 0.338 e. The molecule has 1 aliphatic rings. The Hall–Kier alpha value is -2.28. The lowest BCUT2D eigenvalue weighted by Gasteiger charge is -2.26. The summed E-state index contributed by atoms with van der Waals surface area (Å²) in [5.74, 6) is 0.876. The van der Waals surface area contributed by atoms with Gasteiger partial charge in [0.15, 0.2) is 0 Å². The zero-order valence-electron chi connectivity index (χ0n) is 11.9. The molecule has 0 saturated heterocycles. The van der Waals surface area contributed by atoms with Crippen molar-refractivity contribution in [3.63, 3.8) is 0 Å². The van der Waals surface area contributed by atoms with Crippen molar-refractivity contribution < 1.29 is 19.4 Å². The van der Waals surface area contributed by atoms with Crippen LogP contribution in [0.4, 0.5) is 5.95 Å². The lowest BCUT2D eigenvalue weighted by molar-refractivity contribution is 0.0600. The zero-order valence-corrected chi connectivity index (χ0v) is 11.9. The van der Waals surface area contributed by atoms with Gasteiger partial charge in [-0.15, -0.1) is 0 Å². The fourth-order valence-electron chi connectivity index (χ4n) is 2.69. The van der Waals surface area contributed by atoms with Crippen molar-refractivity contribution in [2.24, 2.45) is 0 Å². The molecule has 2 N–H and O–H groups in total. The van der Waals surface area contributed by atoms with Crippen molar-refractivity contribution >= 4 is 23.0 Å². The molecule has 1 aliphatic heterocycles. The number of nitrogens with one attached hydrogen (secondary N) is 1. The number of imidazole rings is 1. The zero-order chi connectivity index (χ0) is 15.0. The summed E-state index contributed by atoms with van der Waals surface area (Å²) in [6.07, 6.45) is 0.582. The fraction of sp³-hybridized carbons (Fsp3) is 0.429. The number of hydrogen-bond acceptors (Lipinski definition) is 6. The standard InChI is InChI=1S/C14H17N3O4/c1-15-14-16-10-5-8(13(19)20-2)6-11-12(10)17(14)9(3-4-18)7-21-11/h5-6,9,18H,3-4,7H2,1-2H3,(H,15,16). The van der Waals surface area contributed by atoms with Crippen LogP contribution in [0.15, 0.2) is 12.1 Å². The van der Waals surface area contributed by atoms with E-state index in [9.17, 15) is 9.90 Å². The van der Waals surface area contributed by atoms with E-state index in [4.69, 9.17) is 9.47 Å². The number of anilines is 1. The van der Waals surface area contributed by atoms with E-state index in [1.54, 1.807) is 19.2 Å². The Balaban J connectivity index is 2.21. The molecule has 0 bridgehead atoms. The summed E-state index contributed by atoms with van der Waals surface area (Å²) < 4.78 is 12.5. The molecule has 1 aromatic heterocycles. The highest BCUT2D eigenvalue weighted by molar-refractivity contribution is 5.97. The van der Waals surface area contributed by atoms with Crippen LogP contribution in [-0.2, 0) is 4.74 Å². The minimum Gasteiger partial charge on any atom is -0.489 e. The van der Waals surface area contributed by atoms with Crippen LogP contribution in [0.25, 0.3) is 11.0 Å². The number of aliphatic hydroxyl groups is 1. The number of carbonyl (C=O) groups excluding carboxylic acids is 1. The van der Waals surface area contributed by atoms with Gasteiger partial charge in [-0.2, -0.15) is 0 Å². The average Bonchev–Trinajstić information content (AvgIpc) is 2.89. The molecular formula is C14H17N3O4. The van der Waals surface area contributed by atoms with E-state index < -0.39 is 5.97 Å². The monoisotopic (exact) mass is 291 g/mol. The first-order valence-electron chi connectivity index (χ1n) is 6.75. The fourth-order valence-corrected chi connectivity index (χ4v) is 2.69. The first-order valence-corrected chi connectivity index (χ1v) is 6.75. The smallest absolute Gasteiger partial charge is 0.338 e. The maximum atomic E-state index is 11.7. The summed E-state index contributed by atoms with van der Waals surface area (Å²) >= 11 is 0. The van der Waals surface area contributed by atoms with Gasteiger partial charge < -0.3 is 24.5 Å². The number of carbonyl (C=O) groups is 1. The predicted octanol–water partition coefficient (Wildman–Crippen LogP) is 1.18. The number of benzene rings is 1. The second-order valence-corrected chi connectivity index (χ2v) is 4.87. The summed E-state index contributed by atoms with van der Waals surface area (Å²) in [7, 11) is 3.13. The van der Waals surface area contributed by atoms with E-state index in [-0.39, 0.29) is 12.6 Å². The molecule has 7 heteroatoms. The Kier molecular flexibility index (Phi) is 3.42. The summed E-state index contributed by atoms with van der Waals surface area (Å²) in [4.78, 5) is 16.2. The van der Waals surface area contributed by atoms with Gasteiger partial charge in [-0.3, -0.25) is 0 Å². The molecular weight excluding hydrogens is 274 g/mol. The topological polar surface area (TPSA) is 85.6 Å². The number of ether oxygens (including phenoxy) is 2. The quantitative estimate of drug-likeness (QED) is 0.823. The third-order valence-corrected chi connectivity index (χ3v) is 3.65. The van der Waals surface area contributed by atoms with Crippen LogP contribution in [0.3, 0.4) is 0 Å². The molecule has 21 heavy (non-hydrogen) atoms. The van der Waals surface area contributed by atoms with E-state index in [2.05, 4.69) is 10.3 Å². The predicted molar refractivity (Wildman–Crippen MR) is 76.9 cm³/mol. The highest BCUT2D eigenvalue weighted by atomic mass is 16.5. The van der Waals surface area contributed by atoms with E-state index in [1.807, 2.05) is 4.57 Å². The highest BCUT2D eigenvalue weighted by Crippen LogP contribution is 2.37. The Labute approximate surface area is 121 Å². The number of aliphatic hydroxyl groups excluding tert-OH is 1. The lowest BCUT2D eigenvalue weighted by Crippen LogP contribution is -2.24. The molecule has 3 rings (SSSR count). The normalized spacial score (nSPS) is 16.6. The molecule has 0 radical (unpaired) electrons. The van der Waals surface area contributed by atoms with Gasteiger partial charge in [0.1, 0.15) is 17.9 Å². The van der Waals surface area contributed by atoms with Crippen molar-refractivity contribution in [2.45, 2.75) is 12.5 Å². The largest absolute Gasteiger partial charge is 0.489 e. The number of methoxy groups -OCH3 is 1. The molecule has 1 atom stereocenters. The first kappa shape index (κ1) is 13.7. The van der Waals surface area contributed by atoms with Crippen molar-refractivity contribution in [3.05, 3.63) is 17.7 Å². The van der Waals surface area contributed by atoms with Gasteiger partial charge in [0.05, 0.1) is 24.2 Å². The highest BCUT2D eigenvalue weighted by Gasteiger charge is 2.27. The molecule has 0 spiro atoms. The molecule has 7 nitrogen and oxygen atoms in total. The van der Waals surface area contributed by atoms with Crippen molar-refractivity contribution in [3.8, 4) is 5.75 Å². The third-order valence-electron chi connectivity index (χ3n) is 3.65. The van der Waals surface area contributed by atoms with Gasteiger partial charge in [-0.05, 0) is 18.6 Å². The summed E-state index contributed by atoms with van der Waals surface area (Å²) in [6, 6.07) is 3.37. The molecule has 0 saturated carbocycles. The number of aromatic nitrogens is 2. The van der Waals surface area contributed by atoms with Gasteiger partial charge in [-0.1, -0.05) is 0 Å². The second kappa shape index (κ2) is 5.25. The molecule has 0 amide bonds. The van der Waals surface area contributed by atoms with Gasteiger partial charge >= 0.3 is 5.97 Å². The van der Waals surface area contributed by atoms with E-state index in [1.165, 1.54) is 7.11 Å². The van der Waals surface area contributed by atoms with E-state index >= 15 is 0 Å². The van der Waals surface area contributed by atoms with Crippen molar-refractivity contribution in [1.29, 1.82) is 0 Å². The molecule has 112 valence electrons. The summed E-state index contributed by atoms with van der Waals surface area (Å²) in [5, 5.41) is 12.2. The number of rotatable bonds is 4. The average molecular weight is 291 g/mol. The SMILES string of the molecule is CNc1nc2cc(C(=O)OC)cc3c2n1C(CCO)CO3. The minimum atomic E-state index is -0.421. The lowest BCUT2D eigenvalue weighted by atomic mass is 10.1.